The molecule has 1 fully saturated rings. The zero-order valence-corrected chi connectivity index (χ0v) is 16.5. The van der Waals surface area contributed by atoms with Gasteiger partial charge in [-0.15, -0.1) is 0 Å². The number of fused-ring (bicyclic) bond motifs is 1. The van der Waals surface area contributed by atoms with E-state index in [1.54, 1.807) is 0 Å². The molecule has 2 atom stereocenters. The minimum atomic E-state index is -0.398. The Balaban J connectivity index is 1.59. The summed E-state index contributed by atoms with van der Waals surface area (Å²) in [4.78, 5) is 15.1. The predicted molar refractivity (Wildman–Crippen MR) is 105 cm³/mol. The van der Waals surface area contributed by atoms with Crippen molar-refractivity contribution in [2.24, 2.45) is 5.92 Å². The van der Waals surface area contributed by atoms with Gasteiger partial charge in [-0.1, -0.05) is 13.3 Å². The van der Waals surface area contributed by atoms with Gasteiger partial charge in [-0.25, -0.2) is 0 Å². The summed E-state index contributed by atoms with van der Waals surface area (Å²) in [6.07, 6.45) is 3.63. The fraction of sp³-hybridized carbons (Fsp3) is 0.667. The van der Waals surface area contributed by atoms with Crippen LogP contribution in [0.25, 0.3) is 0 Å². The first-order chi connectivity index (χ1) is 13.1. The summed E-state index contributed by atoms with van der Waals surface area (Å²) in [5.41, 5.74) is 1.48. The van der Waals surface area contributed by atoms with Gasteiger partial charge in [0.15, 0.2) is 11.5 Å². The highest BCUT2D eigenvalue weighted by atomic mass is 16.5. The number of β-amino-alcohol motifs (C(OH)–C–C–N with tert-alkyl or cyclic N) is 1. The minimum absolute atomic E-state index is 0.0902. The first-order valence-electron chi connectivity index (χ1n) is 10.2. The lowest BCUT2D eigenvalue weighted by molar-refractivity contribution is 0.0217. The van der Waals surface area contributed by atoms with Crippen molar-refractivity contribution in [3.05, 3.63) is 23.3 Å². The Morgan fingerprint density at radius 2 is 2.15 bits per heavy atom. The number of carbonyl (C=O) groups is 1. The molecule has 0 radical (unpaired) electrons. The summed E-state index contributed by atoms with van der Waals surface area (Å²) >= 11 is 0. The monoisotopic (exact) mass is 376 g/mol. The van der Waals surface area contributed by atoms with Crippen molar-refractivity contribution >= 4 is 5.91 Å². The first-order valence-corrected chi connectivity index (χ1v) is 10.2. The average molecular weight is 376 g/mol. The van der Waals surface area contributed by atoms with Gasteiger partial charge in [-0.05, 0) is 50.6 Å². The van der Waals surface area contributed by atoms with Crippen LogP contribution < -0.4 is 14.8 Å². The molecule has 2 aliphatic heterocycles. The fourth-order valence-electron chi connectivity index (χ4n) is 3.77. The molecule has 3 rings (SSSR count). The Morgan fingerprint density at radius 3 is 2.93 bits per heavy atom. The molecule has 2 N–H and O–H groups in total. The number of nitrogens with one attached hydrogen (secondary N) is 1. The zero-order chi connectivity index (χ0) is 19.2. The normalized spacial score (nSPS) is 22.9. The average Bonchev–Trinajstić information content (AvgIpc) is 2.90. The lowest BCUT2D eigenvalue weighted by atomic mass is 9.93. The van der Waals surface area contributed by atoms with Crippen LogP contribution in [0.2, 0.25) is 0 Å². The van der Waals surface area contributed by atoms with E-state index in [2.05, 4.69) is 17.1 Å². The van der Waals surface area contributed by atoms with Gasteiger partial charge in [0, 0.05) is 25.4 Å². The van der Waals surface area contributed by atoms with Gasteiger partial charge < -0.3 is 24.8 Å². The number of hydrogen-bond acceptors (Lipinski definition) is 5. The van der Waals surface area contributed by atoms with Gasteiger partial charge in [0.25, 0.3) is 5.91 Å². The Labute approximate surface area is 161 Å². The van der Waals surface area contributed by atoms with Crippen molar-refractivity contribution in [2.75, 3.05) is 39.4 Å². The Bertz CT molecular complexity index is 649. The summed E-state index contributed by atoms with van der Waals surface area (Å²) in [6.45, 7) is 8.46. The number of hydrogen-bond donors (Lipinski definition) is 2. The number of amides is 1. The van der Waals surface area contributed by atoms with Crippen LogP contribution in [0.1, 0.15) is 48.5 Å². The molecule has 1 saturated heterocycles. The van der Waals surface area contributed by atoms with Gasteiger partial charge in [-0.2, -0.15) is 0 Å². The number of aliphatic hydroxyl groups excluding tert-OH is 1. The molecule has 1 aromatic carbocycles. The highest BCUT2D eigenvalue weighted by molar-refractivity contribution is 5.98. The van der Waals surface area contributed by atoms with E-state index in [0.717, 1.165) is 37.9 Å². The van der Waals surface area contributed by atoms with Crippen molar-refractivity contribution in [3.63, 3.8) is 0 Å². The van der Waals surface area contributed by atoms with Gasteiger partial charge in [-0.3, -0.25) is 4.79 Å². The third-order valence-electron chi connectivity index (χ3n) is 5.39. The molecule has 0 aromatic heterocycles. The summed E-state index contributed by atoms with van der Waals surface area (Å²) in [5, 5.41) is 13.5. The van der Waals surface area contributed by atoms with Crippen LogP contribution in [0.5, 0.6) is 11.5 Å². The van der Waals surface area contributed by atoms with Crippen molar-refractivity contribution in [1.82, 2.24) is 10.2 Å². The number of aliphatic hydroxyl groups is 1. The molecule has 0 aliphatic carbocycles. The molecule has 1 aromatic rings. The third-order valence-corrected chi connectivity index (χ3v) is 5.39. The lowest BCUT2D eigenvalue weighted by Crippen LogP contribution is -2.47. The second-order valence-electron chi connectivity index (χ2n) is 7.67. The number of piperidine rings is 1. The number of ether oxygens (including phenoxy) is 2. The third kappa shape index (κ3) is 5.14. The molecule has 27 heavy (non-hydrogen) atoms. The SMILES string of the molecule is CCCCN1CCC(CNC(=O)c2cc(C)cc3c2OCCCO3)C(O)C1. The predicted octanol–water partition coefficient (Wildman–Crippen LogP) is 2.37. The van der Waals surface area contributed by atoms with Crippen molar-refractivity contribution in [1.29, 1.82) is 0 Å². The van der Waals surface area contributed by atoms with E-state index in [0.29, 0.717) is 43.4 Å². The van der Waals surface area contributed by atoms with Crippen LogP contribution in [-0.2, 0) is 0 Å². The standard InChI is InChI=1S/C21H32N2O4/c1-3-4-7-23-8-6-16(18(24)14-23)13-22-21(25)17-11-15(2)12-19-20(17)27-10-5-9-26-19/h11-12,16,18,24H,3-10,13-14H2,1-2H3,(H,22,25). The van der Waals surface area contributed by atoms with Crippen LogP contribution in [-0.4, -0.2) is 61.4 Å². The van der Waals surface area contributed by atoms with E-state index in [-0.39, 0.29) is 11.8 Å². The Morgan fingerprint density at radius 1 is 1.33 bits per heavy atom. The maximum Gasteiger partial charge on any atom is 0.255 e. The summed E-state index contributed by atoms with van der Waals surface area (Å²) in [5.74, 6) is 1.10. The van der Waals surface area contributed by atoms with Gasteiger partial charge in [0.1, 0.15) is 0 Å². The topological polar surface area (TPSA) is 71.0 Å². The first kappa shape index (κ1) is 20.0. The molecule has 2 unspecified atom stereocenters. The summed E-state index contributed by atoms with van der Waals surface area (Å²) < 4.78 is 11.5. The summed E-state index contributed by atoms with van der Waals surface area (Å²) in [7, 11) is 0. The molecule has 6 nitrogen and oxygen atoms in total. The van der Waals surface area contributed by atoms with E-state index in [9.17, 15) is 9.90 Å². The Kier molecular flexibility index (Phi) is 6.96. The number of rotatable bonds is 6. The van der Waals surface area contributed by atoms with Crippen LogP contribution >= 0.6 is 0 Å². The number of carbonyl (C=O) groups excluding carboxylic acids is 1. The minimum Gasteiger partial charge on any atom is -0.490 e. The van der Waals surface area contributed by atoms with Gasteiger partial charge in [0.2, 0.25) is 0 Å². The van der Waals surface area contributed by atoms with Crippen LogP contribution in [0.15, 0.2) is 12.1 Å². The van der Waals surface area contributed by atoms with E-state index in [1.807, 2.05) is 19.1 Å². The quantitative estimate of drug-likeness (QED) is 0.798. The summed E-state index contributed by atoms with van der Waals surface area (Å²) in [6, 6.07) is 3.75. The van der Waals surface area contributed by atoms with Crippen molar-refractivity contribution in [3.8, 4) is 11.5 Å². The van der Waals surface area contributed by atoms with Gasteiger partial charge in [0.05, 0.1) is 24.9 Å². The van der Waals surface area contributed by atoms with E-state index >= 15 is 0 Å². The fourth-order valence-corrected chi connectivity index (χ4v) is 3.77. The zero-order valence-electron chi connectivity index (χ0n) is 16.5. The molecular formula is C21H32N2O4. The smallest absolute Gasteiger partial charge is 0.255 e. The van der Waals surface area contributed by atoms with E-state index < -0.39 is 6.10 Å². The maximum atomic E-state index is 12.8. The maximum absolute atomic E-state index is 12.8. The molecule has 2 heterocycles. The van der Waals surface area contributed by atoms with Crippen molar-refractivity contribution < 1.29 is 19.4 Å². The van der Waals surface area contributed by atoms with E-state index in [4.69, 9.17) is 9.47 Å². The van der Waals surface area contributed by atoms with E-state index in [1.165, 1.54) is 6.42 Å². The number of unbranched alkanes of at least 4 members (excludes halogenated alkanes) is 1. The molecule has 150 valence electrons. The highest BCUT2D eigenvalue weighted by Gasteiger charge is 2.28. The molecule has 2 aliphatic rings. The molecule has 0 bridgehead atoms. The van der Waals surface area contributed by atoms with Crippen LogP contribution in [0.4, 0.5) is 0 Å². The number of likely N-dealkylation sites (tertiary alicyclic amines) is 1. The molecular weight excluding hydrogens is 344 g/mol. The second kappa shape index (κ2) is 9.42. The van der Waals surface area contributed by atoms with Crippen molar-refractivity contribution in [2.45, 2.75) is 45.6 Å². The lowest BCUT2D eigenvalue weighted by Gasteiger charge is -2.36. The molecule has 0 saturated carbocycles. The molecule has 1 amide bonds. The number of aryl methyl sites for hydroxylation is 1. The highest BCUT2D eigenvalue weighted by Crippen LogP contribution is 2.34. The molecule has 0 spiro atoms. The number of nitrogens with zero attached hydrogens (tertiary/aromatic N) is 1. The van der Waals surface area contributed by atoms with Crippen LogP contribution in [0.3, 0.4) is 0 Å². The van der Waals surface area contributed by atoms with Crippen LogP contribution in [0, 0.1) is 12.8 Å². The molecule has 6 heteroatoms. The number of benzene rings is 1. The van der Waals surface area contributed by atoms with Gasteiger partial charge >= 0.3 is 0 Å². The largest absolute Gasteiger partial charge is 0.490 e. The Hall–Kier alpha value is -1.79. The second-order valence-corrected chi connectivity index (χ2v) is 7.67.